The van der Waals surface area contributed by atoms with Crippen molar-refractivity contribution in [3.8, 4) is 0 Å². The third kappa shape index (κ3) is 42.8. The van der Waals surface area contributed by atoms with Gasteiger partial charge in [0.15, 0.2) is 0 Å². The normalized spacial score (nSPS) is 6.36. The van der Waals surface area contributed by atoms with E-state index in [0.717, 1.165) is 6.92 Å². The molecule has 0 aromatic carbocycles. The van der Waals surface area contributed by atoms with Gasteiger partial charge in [-0.1, -0.05) is 6.58 Å². The van der Waals surface area contributed by atoms with Crippen LogP contribution in [0.5, 0.6) is 0 Å². The van der Waals surface area contributed by atoms with Crippen molar-refractivity contribution in [2.45, 2.75) is 13.8 Å². The van der Waals surface area contributed by atoms with Crippen LogP contribution >= 0.6 is 0 Å². The van der Waals surface area contributed by atoms with Crippen LogP contribution in [0.1, 0.15) is 13.8 Å². The summed E-state index contributed by atoms with van der Waals surface area (Å²) in [4.78, 5) is 18.6. The summed E-state index contributed by atoms with van der Waals surface area (Å²) >= 11 is 0. The minimum Gasteiger partial charge on any atom is -0.481 e. The molecule has 5 heteroatoms. The summed E-state index contributed by atoms with van der Waals surface area (Å²) in [6.45, 7) is 5.69. The van der Waals surface area contributed by atoms with Crippen molar-refractivity contribution in [1.82, 2.24) is 0 Å². The van der Waals surface area contributed by atoms with E-state index in [-0.39, 0.29) is 32.9 Å². The summed E-state index contributed by atoms with van der Waals surface area (Å²) in [7, 11) is 0. The number of carboxylic acid groups (broad SMARTS) is 2. The van der Waals surface area contributed by atoms with E-state index >= 15 is 0 Å². The smallest absolute Gasteiger partial charge is 0.330 e. The van der Waals surface area contributed by atoms with Crippen LogP contribution in [0.4, 0.5) is 0 Å². The molecule has 0 spiro atoms. The monoisotopic (exact) mass is 260 g/mol. The Morgan fingerprint density at radius 1 is 1.18 bits per heavy atom. The summed E-state index contributed by atoms with van der Waals surface area (Å²) in [5.74, 6) is -1.77. The minimum absolute atomic E-state index is 0. The zero-order valence-corrected chi connectivity index (χ0v) is 10.7. The molecule has 0 unspecified atom stereocenters. The van der Waals surface area contributed by atoms with Gasteiger partial charge in [0.25, 0.3) is 5.97 Å². The van der Waals surface area contributed by atoms with E-state index in [1.54, 1.807) is 0 Å². The largest absolute Gasteiger partial charge is 0.481 e. The Morgan fingerprint density at radius 2 is 1.27 bits per heavy atom. The Labute approximate surface area is 85.1 Å². The van der Waals surface area contributed by atoms with E-state index in [9.17, 15) is 4.79 Å². The van der Waals surface area contributed by atoms with Gasteiger partial charge in [0, 0.05) is 39.8 Å². The van der Waals surface area contributed by atoms with Crippen LogP contribution in [-0.4, -0.2) is 22.2 Å². The van der Waals surface area contributed by atoms with Crippen LogP contribution in [0.25, 0.3) is 0 Å². The average Bonchev–Trinajstić information content (AvgIpc) is 1.63. The van der Waals surface area contributed by atoms with E-state index in [2.05, 4.69) is 6.58 Å². The Morgan fingerprint density at radius 3 is 1.27 bits per heavy atom. The molecule has 0 bridgehead atoms. The topological polar surface area (TPSA) is 74.6 Å². The standard InChI is InChI=1S/C4H6O2.C2H4O2.Cd/c1-3(2)4(5)6;1-2(3)4;/h1H2,2H3,(H,5,6);1H3,(H,3,4);. The molecule has 0 aliphatic rings. The van der Waals surface area contributed by atoms with Crippen molar-refractivity contribution < 1.29 is 47.1 Å². The van der Waals surface area contributed by atoms with Crippen LogP contribution in [-0.2, 0) is 36.9 Å². The Kier molecular flexibility index (Phi) is 14.8. The molecular formula is C6H10CdO4. The molecule has 0 saturated carbocycles. The number of carbonyl (C=O) groups is 2. The van der Waals surface area contributed by atoms with Gasteiger partial charge < -0.3 is 10.2 Å². The molecule has 0 heterocycles. The predicted molar refractivity (Wildman–Crippen MR) is 35.8 cm³/mol. The number of hydrogen-bond donors (Lipinski definition) is 2. The summed E-state index contributed by atoms with van der Waals surface area (Å²) in [5.41, 5.74) is 0.176. The molecule has 4 nitrogen and oxygen atoms in total. The second-order valence-electron chi connectivity index (χ2n) is 1.60. The second kappa shape index (κ2) is 9.60. The molecule has 2 N–H and O–H groups in total. The maximum Gasteiger partial charge on any atom is 0.330 e. The quantitative estimate of drug-likeness (QED) is 0.537. The molecule has 11 heavy (non-hydrogen) atoms. The van der Waals surface area contributed by atoms with Crippen molar-refractivity contribution in [2.24, 2.45) is 0 Å². The number of rotatable bonds is 1. The number of aliphatic carboxylic acids is 2. The van der Waals surface area contributed by atoms with Gasteiger partial charge in [0.2, 0.25) is 0 Å². The van der Waals surface area contributed by atoms with Crippen LogP contribution < -0.4 is 0 Å². The summed E-state index contributed by atoms with van der Waals surface area (Å²) in [6, 6.07) is 0. The molecule has 0 fully saturated rings. The molecular weight excluding hydrogens is 248 g/mol. The molecule has 0 rings (SSSR count). The zero-order chi connectivity index (χ0) is 8.73. The van der Waals surface area contributed by atoms with Crippen LogP contribution in [0.15, 0.2) is 12.2 Å². The van der Waals surface area contributed by atoms with Gasteiger partial charge >= 0.3 is 5.97 Å². The van der Waals surface area contributed by atoms with E-state index in [4.69, 9.17) is 15.0 Å². The van der Waals surface area contributed by atoms with Gasteiger partial charge in [-0.25, -0.2) is 4.79 Å². The Hall–Kier alpha value is -0.398. The summed E-state index contributed by atoms with van der Waals surface area (Å²) < 4.78 is 0. The van der Waals surface area contributed by atoms with E-state index in [1.807, 2.05) is 0 Å². The summed E-state index contributed by atoms with van der Waals surface area (Å²) in [6.07, 6.45) is 0. The maximum atomic E-state index is 9.60. The van der Waals surface area contributed by atoms with Crippen molar-refractivity contribution >= 4 is 11.9 Å². The molecule has 60 valence electrons. The van der Waals surface area contributed by atoms with Crippen molar-refractivity contribution in [3.63, 3.8) is 0 Å². The van der Waals surface area contributed by atoms with Gasteiger partial charge in [-0.05, 0) is 6.92 Å². The third-order valence-electron chi connectivity index (χ3n) is 0.365. The van der Waals surface area contributed by atoms with E-state index in [1.165, 1.54) is 6.92 Å². The zero-order valence-electron chi connectivity index (χ0n) is 6.63. The first-order valence-electron chi connectivity index (χ1n) is 2.46. The van der Waals surface area contributed by atoms with Gasteiger partial charge in [0.05, 0.1) is 0 Å². The molecule has 0 aromatic rings. The number of hydrogen-bond acceptors (Lipinski definition) is 2. The van der Waals surface area contributed by atoms with Crippen LogP contribution in [0.2, 0.25) is 0 Å². The summed E-state index contributed by atoms with van der Waals surface area (Å²) in [5, 5.41) is 15.3. The third-order valence-corrected chi connectivity index (χ3v) is 0.365. The minimum atomic E-state index is -0.935. The van der Waals surface area contributed by atoms with Gasteiger partial charge in [-0.15, -0.1) is 0 Å². The molecule has 0 aliphatic heterocycles. The molecule has 0 aliphatic carbocycles. The van der Waals surface area contributed by atoms with Crippen molar-refractivity contribution in [3.05, 3.63) is 12.2 Å². The fraction of sp³-hybridized carbons (Fsp3) is 0.333. The predicted octanol–water partition coefficient (Wildman–Crippen LogP) is 0.736. The van der Waals surface area contributed by atoms with E-state index in [0.29, 0.717) is 0 Å². The van der Waals surface area contributed by atoms with Gasteiger partial charge in [-0.2, -0.15) is 0 Å². The first-order valence-corrected chi connectivity index (χ1v) is 2.46. The van der Waals surface area contributed by atoms with Crippen LogP contribution in [0.3, 0.4) is 0 Å². The second-order valence-corrected chi connectivity index (χ2v) is 1.60. The first-order chi connectivity index (χ1) is 4.37. The Balaban J connectivity index is -0.000000114. The van der Waals surface area contributed by atoms with Crippen molar-refractivity contribution in [1.29, 1.82) is 0 Å². The van der Waals surface area contributed by atoms with Gasteiger partial charge in [-0.3, -0.25) is 4.79 Å². The molecule has 0 amide bonds. The maximum absolute atomic E-state index is 9.60. The SMILES string of the molecule is C=C(C)C(=O)O.CC(=O)O.[Cd]. The number of carboxylic acids is 2. The fourth-order valence-electron chi connectivity index (χ4n) is 0. The molecule has 0 saturated heterocycles. The van der Waals surface area contributed by atoms with Crippen LogP contribution in [0, 0.1) is 0 Å². The van der Waals surface area contributed by atoms with E-state index < -0.39 is 11.9 Å². The molecule has 0 aromatic heterocycles. The molecule has 0 radical (unpaired) electrons. The first kappa shape index (κ1) is 16.9. The van der Waals surface area contributed by atoms with Gasteiger partial charge in [0.1, 0.15) is 0 Å². The average molecular weight is 259 g/mol. The Bertz CT molecular complexity index is 137. The van der Waals surface area contributed by atoms with Crippen molar-refractivity contribution in [2.75, 3.05) is 0 Å². The molecule has 0 atom stereocenters. The fourth-order valence-corrected chi connectivity index (χ4v) is 0.